The Hall–Kier alpha value is -1.84. The number of hydroxylamine groups is 1. The van der Waals surface area contributed by atoms with Gasteiger partial charge in [0.15, 0.2) is 0 Å². The second kappa shape index (κ2) is 15.1. The van der Waals surface area contributed by atoms with Crippen LogP contribution in [0.5, 0.6) is 0 Å². The zero-order chi connectivity index (χ0) is 23.1. The van der Waals surface area contributed by atoms with E-state index in [1.165, 1.54) is 12.5 Å². The Balaban J connectivity index is 1.59. The average Bonchev–Trinajstić information content (AvgIpc) is 2.81. The molecule has 0 unspecified atom stereocenters. The van der Waals surface area contributed by atoms with E-state index in [0.717, 1.165) is 48.6 Å². The van der Waals surface area contributed by atoms with Crippen LogP contribution in [0.3, 0.4) is 0 Å². The van der Waals surface area contributed by atoms with E-state index in [9.17, 15) is 17.6 Å². The number of rotatable bonds is 15. The molecule has 1 aliphatic carbocycles. The van der Waals surface area contributed by atoms with Crippen LogP contribution in [0.1, 0.15) is 63.4 Å². The van der Waals surface area contributed by atoms with E-state index in [1.807, 2.05) is 6.07 Å². The van der Waals surface area contributed by atoms with Gasteiger partial charge in [-0.1, -0.05) is 42.6 Å². The van der Waals surface area contributed by atoms with Crippen molar-refractivity contribution >= 4 is 22.0 Å². The van der Waals surface area contributed by atoms with Crippen molar-refractivity contribution in [2.75, 3.05) is 32.1 Å². The van der Waals surface area contributed by atoms with Gasteiger partial charge < -0.3 is 5.32 Å². The first-order valence-corrected chi connectivity index (χ1v) is 13.2. The minimum atomic E-state index is -3.64. The number of hydrogen-bond donors (Lipinski definition) is 1. The third-order valence-electron chi connectivity index (χ3n) is 5.50. The summed E-state index contributed by atoms with van der Waals surface area (Å²) >= 11 is 0. The monoisotopic (exact) mass is 469 g/mol. The van der Waals surface area contributed by atoms with Crippen LogP contribution in [0.2, 0.25) is 0 Å². The van der Waals surface area contributed by atoms with Gasteiger partial charge in [-0.2, -0.15) is 0 Å². The molecule has 1 fully saturated rings. The summed E-state index contributed by atoms with van der Waals surface area (Å²) < 4.78 is 38.8. The third kappa shape index (κ3) is 10.7. The highest BCUT2D eigenvalue weighted by Crippen LogP contribution is 2.24. The number of aromatic nitrogens is 1. The summed E-state index contributed by atoms with van der Waals surface area (Å²) in [7, 11) is -3.64. The largest absolute Gasteiger partial charge is 0.353 e. The number of carbonyl (C=O) groups excluding carboxylic acids is 1. The molecule has 0 saturated heterocycles. The third-order valence-corrected chi connectivity index (χ3v) is 7.21. The van der Waals surface area contributed by atoms with Crippen molar-refractivity contribution in [3.05, 3.63) is 36.2 Å². The van der Waals surface area contributed by atoms with Crippen LogP contribution in [-0.4, -0.2) is 55.9 Å². The van der Waals surface area contributed by atoms with Gasteiger partial charge in [-0.15, -0.1) is 0 Å². The maximum atomic E-state index is 12.9. The van der Waals surface area contributed by atoms with Crippen molar-refractivity contribution in [1.82, 2.24) is 14.8 Å². The number of carbonyl (C=O) groups is 1. The number of nitrogens with one attached hydrogen (secondary N) is 1. The second-order valence-corrected chi connectivity index (χ2v) is 10.1. The van der Waals surface area contributed by atoms with E-state index in [4.69, 9.17) is 4.84 Å². The standard InChI is InChI=1S/C23H36FN3O4S/c24-14-17-27(31-20-22-9-4-3-5-10-22)32(29,30)18-7-2-1-6-16-26-23(28)13-12-21-11-8-15-25-19-21/h8,11-13,15,19,22H,1-7,9-10,14,16-18,20H2,(H,26,28)/b13-12+. The Kier molecular flexibility index (Phi) is 12.4. The predicted octanol–water partition coefficient (Wildman–Crippen LogP) is 3.88. The van der Waals surface area contributed by atoms with Gasteiger partial charge in [-0.05, 0) is 49.3 Å². The van der Waals surface area contributed by atoms with E-state index in [1.54, 1.807) is 24.5 Å². The fourth-order valence-electron chi connectivity index (χ4n) is 3.68. The molecule has 2 rings (SSSR count). The number of hydrogen-bond acceptors (Lipinski definition) is 5. The number of pyridine rings is 1. The minimum absolute atomic E-state index is 0.0577. The van der Waals surface area contributed by atoms with Crippen LogP contribution >= 0.6 is 0 Å². The van der Waals surface area contributed by atoms with Crippen LogP contribution in [0, 0.1) is 5.92 Å². The normalized spacial score (nSPS) is 15.4. The van der Waals surface area contributed by atoms with Crippen LogP contribution in [0.15, 0.2) is 30.6 Å². The Morgan fingerprint density at radius 3 is 2.72 bits per heavy atom. The molecule has 1 heterocycles. The first-order chi connectivity index (χ1) is 15.5. The molecule has 1 N–H and O–H groups in total. The zero-order valence-corrected chi connectivity index (χ0v) is 19.6. The minimum Gasteiger partial charge on any atom is -0.353 e. The number of nitrogens with zero attached hydrogens (tertiary/aromatic N) is 2. The number of halogens is 1. The van der Waals surface area contributed by atoms with Crippen LogP contribution in [0.25, 0.3) is 6.08 Å². The van der Waals surface area contributed by atoms with Gasteiger partial charge in [-0.25, -0.2) is 12.8 Å². The molecule has 1 amide bonds. The molecular formula is C23H36FN3O4S. The number of alkyl halides is 1. The van der Waals surface area contributed by atoms with Crippen molar-refractivity contribution in [3.63, 3.8) is 0 Å². The van der Waals surface area contributed by atoms with Crippen molar-refractivity contribution in [3.8, 4) is 0 Å². The lowest BCUT2D eigenvalue weighted by Crippen LogP contribution is -2.36. The molecule has 0 aliphatic heterocycles. The van der Waals surface area contributed by atoms with E-state index < -0.39 is 16.7 Å². The van der Waals surface area contributed by atoms with E-state index in [2.05, 4.69) is 10.3 Å². The topological polar surface area (TPSA) is 88.6 Å². The molecule has 1 aromatic heterocycles. The van der Waals surface area contributed by atoms with Gasteiger partial charge in [0.05, 0.1) is 18.9 Å². The number of unbranched alkanes of at least 4 members (excludes halogenated alkanes) is 3. The van der Waals surface area contributed by atoms with Gasteiger partial charge in [0, 0.05) is 25.0 Å². The number of amides is 1. The summed E-state index contributed by atoms with van der Waals surface area (Å²) in [5, 5.41) is 2.81. The Morgan fingerprint density at radius 2 is 2.00 bits per heavy atom. The summed E-state index contributed by atoms with van der Waals surface area (Å²) in [6.07, 6.45) is 14.9. The highest BCUT2D eigenvalue weighted by atomic mass is 32.2. The molecule has 32 heavy (non-hydrogen) atoms. The molecule has 1 saturated carbocycles. The second-order valence-electron chi connectivity index (χ2n) is 8.16. The molecule has 1 aliphatic rings. The molecule has 0 aromatic carbocycles. The molecule has 0 bridgehead atoms. The average molecular weight is 470 g/mol. The van der Waals surface area contributed by atoms with Gasteiger partial charge >= 0.3 is 0 Å². The summed E-state index contributed by atoms with van der Waals surface area (Å²) in [6, 6.07) is 3.66. The van der Waals surface area contributed by atoms with Crippen LogP contribution in [0.4, 0.5) is 4.39 Å². The molecule has 0 spiro atoms. The molecule has 7 nitrogen and oxygen atoms in total. The highest BCUT2D eigenvalue weighted by molar-refractivity contribution is 7.88. The summed E-state index contributed by atoms with van der Waals surface area (Å²) in [5.41, 5.74) is 0.855. The van der Waals surface area contributed by atoms with Crippen molar-refractivity contribution in [1.29, 1.82) is 0 Å². The Bertz CT molecular complexity index is 784. The van der Waals surface area contributed by atoms with Gasteiger partial charge in [0.25, 0.3) is 0 Å². The van der Waals surface area contributed by atoms with Gasteiger partial charge in [-0.3, -0.25) is 14.6 Å². The maximum Gasteiger partial charge on any atom is 0.243 e. The fraction of sp³-hybridized carbons (Fsp3) is 0.652. The molecule has 1 aromatic rings. The smallest absolute Gasteiger partial charge is 0.243 e. The molecular weight excluding hydrogens is 433 g/mol. The highest BCUT2D eigenvalue weighted by Gasteiger charge is 2.24. The van der Waals surface area contributed by atoms with Gasteiger partial charge in [0.1, 0.15) is 6.67 Å². The van der Waals surface area contributed by atoms with Crippen molar-refractivity contribution in [2.45, 2.75) is 57.8 Å². The quantitative estimate of drug-likeness (QED) is 0.239. The van der Waals surface area contributed by atoms with E-state index in [0.29, 0.717) is 31.9 Å². The molecule has 0 atom stereocenters. The van der Waals surface area contributed by atoms with E-state index in [-0.39, 0.29) is 18.2 Å². The SMILES string of the molecule is O=C(/C=C/c1cccnc1)NCCCCCCS(=O)(=O)N(CCF)OCC1CCCCC1. The first-order valence-electron chi connectivity index (χ1n) is 11.6. The van der Waals surface area contributed by atoms with Crippen molar-refractivity contribution in [2.24, 2.45) is 5.92 Å². The summed E-state index contributed by atoms with van der Waals surface area (Å²) in [5.74, 6) is 0.126. The predicted molar refractivity (Wildman–Crippen MR) is 124 cm³/mol. The van der Waals surface area contributed by atoms with Crippen LogP contribution < -0.4 is 5.32 Å². The van der Waals surface area contributed by atoms with E-state index >= 15 is 0 Å². The molecule has 0 radical (unpaired) electrons. The lowest BCUT2D eigenvalue weighted by atomic mass is 9.90. The first kappa shape index (κ1) is 26.4. The number of sulfonamides is 1. The summed E-state index contributed by atoms with van der Waals surface area (Å²) in [4.78, 5) is 21.3. The Labute approximate surface area is 191 Å². The molecule has 9 heteroatoms. The van der Waals surface area contributed by atoms with Crippen molar-refractivity contribution < 1.29 is 22.4 Å². The molecule has 180 valence electrons. The summed E-state index contributed by atoms with van der Waals surface area (Å²) in [6.45, 7) is -0.151. The van der Waals surface area contributed by atoms with Gasteiger partial charge in [0.2, 0.25) is 15.9 Å². The van der Waals surface area contributed by atoms with Crippen LogP contribution in [-0.2, 0) is 19.7 Å². The zero-order valence-electron chi connectivity index (χ0n) is 18.8. The maximum absolute atomic E-state index is 12.9. The lowest BCUT2D eigenvalue weighted by Gasteiger charge is -2.25. The fourth-order valence-corrected chi connectivity index (χ4v) is 5.02. The lowest BCUT2D eigenvalue weighted by molar-refractivity contribution is -0.116. The Morgan fingerprint density at radius 1 is 1.22 bits per heavy atom.